The second-order valence-electron chi connectivity index (χ2n) is 8.67. The molecule has 8 rings (SSSR count). The Morgan fingerprint density at radius 1 is 0.400 bits per heavy atom. The minimum Gasteiger partial charge on any atom is -0.141 e. The molecule has 0 aliphatic carbocycles. The van der Waals surface area contributed by atoms with Crippen LogP contribution in [-0.2, 0) is 0 Å². The molecular formula is C28H16S2. The van der Waals surface area contributed by atoms with Crippen LogP contribution >= 0.6 is 22.7 Å². The Morgan fingerprint density at radius 2 is 0.767 bits per heavy atom. The largest absolute Gasteiger partial charge is 0.141 e. The number of benzene rings is 6. The van der Waals surface area contributed by atoms with Crippen molar-refractivity contribution in [2.45, 2.75) is 13.8 Å². The van der Waals surface area contributed by atoms with Crippen LogP contribution in [-0.4, -0.2) is 0 Å². The van der Waals surface area contributed by atoms with Crippen LogP contribution < -0.4 is 0 Å². The van der Waals surface area contributed by atoms with Crippen molar-refractivity contribution >= 4 is 96.7 Å². The summed E-state index contributed by atoms with van der Waals surface area (Å²) in [4.78, 5) is 2.74. The Hall–Kier alpha value is -2.94. The molecule has 30 heavy (non-hydrogen) atoms. The zero-order valence-corrected chi connectivity index (χ0v) is 18.2. The molecule has 0 unspecified atom stereocenters. The molecule has 6 aromatic carbocycles. The molecule has 2 aromatic heterocycles. The molecule has 0 bridgehead atoms. The van der Waals surface area contributed by atoms with Crippen molar-refractivity contribution < 1.29 is 0 Å². The zero-order chi connectivity index (χ0) is 19.7. The fourth-order valence-corrected chi connectivity index (χ4v) is 7.87. The Labute approximate surface area is 180 Å². The molecule has 0 saturated heterocycles. The number of rotatable bonds is 0. The van der Waals surface area contributed by atoms with E-state index in [0.717, 1.165) is 0 Å². The smallest absolute Gasteiger partial charge is 0.0363 e. The molecule has 0 spiro atoms. The molecule has 140 valence electrons. The Kier molecular flexibility index (Phi) is 2.65. The second-order valence-corrected chi connectivity index (χ2v) is 11.2. The van der Waals surface area contributed by atoms with E-state index < -0.39 is 0 Å². The van der Waals surface area contributed by atoms with Gasteiger partial charge in [-0.3, -0.25) is 0 Å². The predicted octanol–water partition coefficient (Wildman–Crippen LogP) is 9.37. The molecule has 0 fully saturated rings. The van der Waals surface area contributed by atoms with Crippen LogP contribution in [0.5, 0.6) is 0 Å². The van der Waals surface area contributed by atoms with E-state index in [1.54, 1.807) is 0 Å². The van der Waals surface area contributed by atoms with Gasteiger partial charge in [0, 0.05) is 29.9 Å². The zero-order valence-electron chi connectivity index (χ0n) is 16.6. The standard InChI is InChI=1S/C28H16S2/c1-13-7-15-3-5-17-10-20-12-22-24-16(8-14(2)30-22)4-6-18-9-19-11-21(29-13)23(15)25(17)27(19)28(20)26(18)24/h3-12H,1-2H3. The first-order chi connectivity index (χ1) is 14.7. The van der Waals surface area contributed by atoms with E-state index in [1.807, 2.05) is 22.7 Å². The summed E-state index contributed by atoms with van der Waals surface area (Å²) in [5.74, 6) is 0. The molecule has 0 atom stereocenters. The summed E-state index contributed by atoms with van der Waals surface area (Å²) in [7, 11) is 0. The van der Waals surface area contributed by atoms with Gasteiger partial charge in [-0.25, -0.2) is 0 Å². The van der Waals surface area contributed by atoms with E-state index >= 15 is 0 Å². The van der Waals surface area contributed by atoms with Crippen LogP contribution in [0.25, 0.3) is 74.0 Å². The van der Waals surface area contributed by atoms with Crippen molar-refractivity contribution in [3.63, 3.8) is 0 Å². The van der Waals surface area contributed by atoms with Crippen LogP contribution in [0, 0.1) is 13.8 Å². The molecule has 0 aliphatic rings. The van der Waals surface area contributed by atoms with Crippen molar-refractivity contribution in [2.75, 3.05) is 0 Å². The Bertz CT molecular complexity index is 1820. The van der Waals surface area contributed by atoms with Crippen molar-refractivity contribution in [1.29, 1.82) is 0 Å². The van der Waals surface area contributed by atoms with E-state index in [4.69, 9.17) is 0 Å². The third kappa shape index (κ3) is 1.75. The van der Waals surface area contributed by atoms with Crippen molar-refractivity contribution in [1.82, 2.24) is 0 Å². The first kappa shape index (κ1) is 15.8. The molecule has 2 heteroatoms. The molecule has 0 nitrogen and oxygen atoms in total. The molecule has 0 amide bonds. The normalized spacial score (nSPS) is 13.0. The van der Waals surface area contributed by atoms with Gasteiger partial charge in [0.2, 0.25) is 0 Å². The third-order valence-corrected chi connectivity index (χ3v) is 8.78. The van der Waals surface area contributed by atoms with E-state index in [-0.39, 0.29) is 0 Å². The number of hydrogen-bond donors (Lipinski definition) is 0. The lowest BCUT2D eigenvalue weighted by Crippen LogP contribution is -1.91. The Balaban J connectivity index is 1.81. The van der Waals surface area contributed by atoms with Crippen LogP contribution in [0.15, 0.2) is 60.7 Å². The minimum atomic E-state index is 1.36. The third-order valence-electron chi connectivity index (χ3n) is 6.81. The molecular weight excluding hydrogens is 400 g/mol. The van der Waals surface area contributed by atoms with Crippen molar-refractivity contribution in [3.05, 3.63) is 70.4 Å². The van der Waals surface area contributed by atoms with Gasteiger partial charge in [0.1, 0.15) is 0 Å². The lowest BCUT2D eigenvalue weighted by atomic mass is 9.85. The maximum atomic E-state index is 2.43. The van der Waals surface area contributed by atoms with E-state index in [9.17, 15) is 0 Å². The summed E-state index contributed by atoms with van der Waals surface area (Å²) in [6.45, 7) is 4.44. The predicted molar refractivity (Wildman–Crippen MR) is 137 cm³/mol. The highest BCUT2D eigenvalue weighted by molar-refractivity contribution is 7.19. The van der Waals surface area contributed by atoms with Crippen molar-refractivity contribution in [2.24, 2.45) is 0 Å². The summed E-state index contributed by atoms with van der Waals surface area (Å²) in [6, 6.07) is 23.7. The quantitative estimate of drug-likeness (QED) is 0.171. The molecule has 0 N–H and O–H groups in total. The monoisotopic (exact) mass is 416 g/mol. The molecule has 0 saturated carbocycles. The first-order valence-corrected chi connectivity index (χ1v) is 12.0. The molecule has 8 aromatic rings. The van der Waals surface area contributed by atoms with Gasteiger partial charge in [0.05, 0.1) is 0 Å². The van der Waals surface area contributed by atoms with Crippen LogP contribution in [0.1, 0.15) is 9.75 Å². The van der Waals surface area contributed by atoms with E-state index in [1.165, 1.54) is 83.8 Å². The summed E-state index contributed by atoms with van der Waals surface area (Å²) in [5.41, 5.74) is 0. The van der Waals surface area contributed by atoms with Gasteiger partial charge in [0.15, 0.2) is 0 Å². The SMILES string of the molecule is Cc1cc2ccc3cc4cc5sc(C)cc6ccc7cc8cc(s1)c2c3c8c4c7c65. The fourth-order valence-electron chi connectivity index (χ4n) is 5.79. The summed E-state index contributed by atoms with van der Waals surface area (Å²) >= 11 is 3.83. The summed E-state index contributed by atoms with van der Waals surface area (Å²) in [6.07, 6.45) is 0. The van der Waals surface area contributed by atoms with Crippen molar-refractivity contribution in [3.8, 4) is 0 Å². The van der Waals surface area contributed by atoms with Gasteiger partial charge in [-0.1, -0.05) is 24.3 Å². The van der Waals surface area contributed by atoms with Gasteiger partial charge < -0.3 is 0 Å². The van der Waals surface area contributed by atoms with E-state index in [0.29, 0.717) is 0 Å². The van der Waals surface area contributed by atoms with Crippen LogP contribution in [0.3, 0.4) is 0 Å². The topological polar surface area (TPSA) is 0 Å². The van der Waals surface area contributed by atoms with Gasteiger partial charge in [0.25, 0.3) is 0 Å². The molecule has 2 heterocycles. The number of aryl methyl sites for hydroxylation is 2. The molecule has 0 radical (unpaired) electrons. The van der Waals surface area contributed by atoms with Crippen LogP contribution in [0.4, 0.5) is 0 Å². The Morgan fingerprint density at radius 3 is 1.20 bits per heavy atom. The highest BCUT2D eigenvalue weighted by atomic mass is 32.1. The van der Waals surface area contributed by atoms with Gasteiger partial charge >= 0.3 is 0 Å². The van der Waals surface area contributed by atoms with Gasteiger partial charge in [-0.15, -0.1) is 22.7 Å². The minimum absolute atomic E-state index is 1.36. The lowest BCUT2D eigenvalue weighted by Gasteiger charge is -2.20. The van der Waals surface area contributed by atoms with Crippen LogP contribution in [0.2, 0.25) is 0 Å². The molecule has 0 aliphatic heterocycles. The van der Waals surface area contributed by atoms with Gasteiger partial charge in [-0.05, 0) is 104 Å². The maximum Gasteiger partial charge on any atom is 0.0363 e. The maximum absolute atomic E-state index is 2.43. The fraction of sp³-hybridized carbons (Fsp3) is 0.0714. The first-order valence-electron chi connectivity index (χ1n) is 10.4. The second kappa shape index (κ2) is 5.03. The lowest BCUT2D eigenvalue weighted by molar-refractivity contribution is 1.64. The highest BCUT2D eigenvalue weighted by Gasteiger charge is 2.20. The highest BCUT2D eigenvalue weighted by Crippen LogP contribution is 2.49. The summed E-state index contributed by atoms with van der Waals surface area (Å²) in [5, 5.41) is 16.9. The van der Waals surface area contributed by atoms with E-state index in [2.05, 4.69) is 74.5 Å². The number of hydrogen-bond acceptors (Lipinski definition) is 2. The summed E-state index contributed by atoms with van der Waals surface area (Å²) < 4.78 is 2.80. The average Bonchev–Trinajstić information content (AvgIpc) is 2.72. The van der Waals surface area contributed by atoms with Gasteiger partial charge in [-0.2, -0.15) is 0 Å². The average molecular weight is 417 g/mol.